The first-order chi connectivity index (χ1) is 7.84. The number of carboxylic acid groups (broad SMARTS) is 1. The fourth-order valence-electron chi connectivity index (χ4n) is 2.41. The van der Waals surface area contributed by atoms with E-state index >= 15 is 0 Å². The van der Waals surface area contributed by atoms with Gasteiger partial charge in [0.25, 0.3) is 0 Å². The van der Waals surface area contributed by atoms with Crippen molar-refractivity contribution in [2.24, 2.45) is 5.41 Å². The highest BCUT2D eigenvalue weighted by Gasteiger charge is 2.42. The van der Waals surface area contributed by atoms with E-state index in [2.05, 4.69) is 13.8 Å². The van der Waals surface area contributed by atoms with Crippen LogP contribution in [0.25, 0.3) is 0 Å². The summed E-state index contributed by atoms with van der Waals surface area (Å²) < 4.78 is 5.21. The Labute approximate surface area is 100 Å². The van der Waals surface area contributed by atoms with E-state index in [4.69, 9.17) is 9.52 Å². The average molecular weight is 238 g/mol. The summed E-state index contributed by atoms with van der Waals surface area (Å²) in [4.78, 5) is 11.0. The SMILES string of the molecule is CC1(C)CCC(O)(c2occc2C(=O)O)CC1. The minimum atomic E-state index is -1.12. The van der Waals surface area contributed by atoms with Crippen LogP contribution in [0.5, 0.6) is 0 Å². The van der Waals surface area contributed by atoms with Gasteiger partial charge in [0.15, 0.2) is 0 Å². The summed E-state index contributed by atoms with van der Waals surface area (Å²) in [5, 5.41) is 19.6. The fraction of sp³-hybridized carbons (Fsp3) is 0.615. The molecule has 0 saturated heterocycles. The molecule has 1 fully saturated rings. The van der Waals surface area contributed by atoms with Crippen LogP contribution in [0.15, 0.2) is 16.7 Å². The molecule has 0 aromatic carbocycles. The van der Waals surface area contributed by atoms with Crippen LogP contribution < -0.4 is 0 Å². The molecule has 1 heterocycles. The van der Waals surface area contributed by atoms with Crippen molar-refractivity contribution in [2.45, 2.75) is 45.1 Å². The van der Waals surface area contributed by atoms with Gasteiger partial charge in [0.1, 0.15) is 16.9 Å². The van der Waals surface area contributed by atoms with Crippen LogP contribution in [-0.2, 0) is 5.60 Å². The summed E-state index contributed by atoms with van der Waals surface area (Å²) in [6.45, 7) is 4.32. The van der Waals surface area contributed by atoms with Crippen LogP contribution in [0.4, 0.5) is 0 Å². The summed E-state index contributed by atoms with van der Waals surface area (Å²) >= 11 is 0. The van der Waals surface area contributed by atoms with Crippen molar-refractivity contribution < 1.29 is 19.4 Å². The Balaban J connectivity index is 2.28. The quantitative estimate of drug-likeness (QED) is 0.831. The van der Waals surface area contributed by atoms with Gasteiger partial charge in [-0.15, -0.1) is 0 Å². The molecule has 1 saturated carbocycles. The first kappa shape index (κ1) is 12.2. The van der Waals surface area contributed by atoms with Gasteiger partial charge in [0, 0.05) is 0 Å². The smallest absolute Gasteiger partial charge is 0.339 e. The Hall–Kier alpha value is -1.29. The monoisotopic (exact) mass is 238 g/mol. The maximum Gasteiger partial charge on any atom is 0.339 e. The molecule has 2 N–H and O–H groups in total. The van der Waals surface area contributed by atoms with Gasteiger partial charge in [-0.2, -0.15) is 0 Å². The Morgan fingerprint density at radius 2 is 1.88 bits per heavy atom. The highest BCUT2D eigenvalue weighted by molar-refractivity contribution is 5.89. The second-order valence-corrected chi connectivity index (χ2v) is 5.66. The van der Waals surface area contributed by atoms with Gasteiger partial charge in [-0.3, -0.25) is 0 Å². The van der Waals surface area contributed by atoms with E-state index in [1.54, 1.807) is 0 Å². The van der Waals surface area contributed by atoms with Crippen molar-refractivity contribution >= 4 is 5.97 Å². The Morgan fingerprint density at radius 1 is 1.29 bits per heavy atom. The van der Waals surface area contributed by atoms with Gasteiger partial charge >= 0.3 is 5.97 Å². The molecular formula is C13H18O4. The number of aromatic carboxylic acids is 1. The number of aliphatic hydroxyl groups is 1. The van der Waals surface area contributed by atoms with Crippen molar-refractivity contribution in [3.05, 3.63) is 23.7 Å². The standard InChI is InChI=1S/C13H18O4/c1-12(2)4-6-13(16,7-5-12)10-9(11(14)15)3-8-17-10/h3,8,16H,4-7H2,1-2H3,(H,14,15). The van der Waals surface area contributed by atoms with E-state index in [9.17, 15) is 9.90 Å². The normalized spacial score (nSPS) is 22.3. The lowest BCUT2D eigenvalue weighted by Gasteiger charge is -2.39. The highest BCUT2D eigenvalue weighted by atomic mass is 16.4. The predicted molar refractivity (Wildman–Crippen MR) is 61.8 cm³/mol. The Kier molecular flexibility index (Phi) is 2.78. The summed E-state index contributed by atoms with van der Waals surface area (Å²) in [5.74, 6) is -0.840. The maximum atomic E-state index is 11.0. The van der Waals surface area contributed by atoms with Gasteiger partial charge in [-0.1, -0.05) is 13.8 Å². The molecule has 1 aliphatic carbocycles. The minimum Gasteiger partial charge on any atom is -0.478 e. The molecule has 0 bridgehead atoms. The molecule has 4 heteroatoms. The molecule has 0 unspecified atom stereocenters. The van der Waals surface area contributed by atoms with E-state index in [-0.39, 0.29) is 16.7 Å². The maximum absolute atomic E-state index is 11.0. The fourth-order valence-corrected chi connectivity index (χ4v) is 2.41. The van der Waals surface area contributed by atoms with Crippen LogP contribution >= 0.6 is 0 Å². The molecule has 0 atom stereocenters. The number of rotatable bonds is 2. The molecule has 0 radical (unpaired) electrons. The van der Waals surface area contributed by atoms with E-state index in [1.807, 2.05) is 0 Å². The van der Waals surface area contributed by atoms with Crippen LogP contribution in [-0.4, -0.2) is 16.2 Å². The molecule has 0 spiro atoms. The van der Waals surface area contributed by atoms with Gasteiger partial charge in [0.05, 0.1) is 6.26 Å². The molecule has 2 rings (SSSR count). The highest BCUT2D eigenvalue weighted by Crippen LogP contribution is 2.46. The van der Waals surface area contributed by atoms with Crippen molar-refractivity contribution in [1.29, 1.82) is 0 Å². The number of carbonyl (C=O) groups is 1. The second-order valence-electron chi connectivity index (χ2n) is 5.66. The lowest BCUT2D eigenvalue weighted by atomic mass is 9.70. The van der Waals surface area contributed by atoms with Gasteiger partial charge in [-0.05, 0) is 37.2 Å². The lowest BCUT2D eigenvalue weighted by Crippen LogP contribution is -2.35. The molecule has 4 nitrogen and oxygen atoms in total. The third-order valence-corrected chi connectivity index (χ3v) is 3.75. The Morgan fingerprint density at radius 3 is 2.41 bits per heavy atom. The van der Waals surface area contributed by atoms with Crippen molar-refractivity contribution in [3.63, 3.8) is 0 Å². The van der Waals surface area contributed by atoms with Crippen molar-refractivity contribution in [2.75, 3.05) is 0 Å². The molecule has 94 valence electrons. The summed E-state index contributed by atoms with van der Waals surface area (Å²) in [6.07, 6.45) is 4.16. The predicted octanol–water partition coefficient (Wildman–Crippen LogP) is 2.77. The van der Waals surface area contributed by atoms with Crippen molar-refractivity contribution in [1.82, 2.24) is 0 Å². The lowest BCUT2D eigenvalue weighted by molar-refractivity contribution is -0.0474. The largest absolute Gasteiger partial charge is 0.478 e. The number of hydrogen-bond acceptors (Lipinski definition) is 3. The molecule has 1 aromatic heterocycles. The van der Waals surface area contributed by atoms with Gasteiger partial charge in [-0.25, -0.2) is 4.79 Å². The first-order valence-corrected chi connectivity index (χ1v) is 5.88. The van der Waals surface area contributed by atoms with Gasteiger partial charge < -0.3 is 14.6 Å². The number of carboxylic acids is 1. The van der Waals surface area contributed by atoms with Gasteiger partial charge in [0.2, 0.25) is 0 Å². The zero-order valence-corrected chi connectivity index (χ0v) is 10.2. The second kappa shape index (κ2) is 3.88. The molecule has 17 heavy (non-hydrogen) atoms. The molecule has 0 amide bonds. The van der Waals surface area contributed by atoms with Crippen LogP contribution in [0.3, 0.4) is 0 Å². The number of hydrogen-bond donors (Lipinski definition) is 2. The third kappa shape index (κ3) is 2.22. The third-order valence-electron chi connectivity index (χ3n) is 3.75. The zero-order chi connectivity index (χ0) is 12.7. The van der Waals surface area contributed by atoms with E-state index in [1.165, 1.54) is 12.3 Å². The summed E-state index contributed by atoms with van der Waals surface area (Å²) in [5.41, 5.74) is -0.832. The Bertz CT molecular complexity index is 420. The van der Waals surface area contributed by atoms with E-state index in [0.717, 1.165) is 12.8 Å². The molecule has 1 aliphatic rings. The molecular weight excluding hydrogens is 220 g/mol. The van der Waals surface area contributed by atoms with Crippen LogP contribution in [0, 0.1) is 5.41 Å². The topological polar surface area (TPSA) is 70.7 Å². The van der Waals surface area contributed by atoms with E-state index < -0.39 is 11.6 Å². The summed E-state index contributed by atoms with van der Waals surface area (Å²) in [7, 11) is 0. The number of furan rings is 1. The van der Waals surface area contributed by atoms with Crippen molar-refractivity contribution in [3.8, 4) is 0 Å². The average Bonchev–Trinajstić information content (AvgIpc) is 2.72. The minimum absolute atomic E-state index is 0.0761. The van der Waals surface area contributed by atoms with E-state index in [0.29, 0.717) is 12.8 Å². The molecule has 0 aliphatic heterocycles. The van der Waals surface area contributed by atoms with Crippen LogP contribution in [0.2, 0.25) is 0 Å². The zero-order valence-electron chi connectivity index (χ0n) is 10.2. The first-order valence-electron chi connectivity index (χ1n) is 5.88. The summed E-state index contributed by atoms with van der Waals surface area (Å²) in [6, 6.07) is 1.40. The van der Waals surface area contributed by atoms with Crippen LogP contribution in [0.1, 0.15) is 55.6 Å². The molecule has 1 aromatic rings.